The molecule has 1 aromatic heterocycles. The van der Waals surface area contributed by atoms with Crippen LogP contribution in [0, 0.1) is 0 Å². The van der Waals surface area contributed by atoms with E-state index in [0.717, 1.165) is 5.69 Å². The molecule has 1 aromatic rings. The highest BCUT2D eigenvalue weighted by atomic mass is 19.1. The molecular formula is C9H16FN3. The van der Waals surface area contributed by atoms with Crippen molar-refractivity contribution in [3.05, 3.63) is 11.4 Å². The molecule has 0 saturated heterocycles. The highest BCUT2D eigenvalue weighted by Crippen LogP contribution is 2.26. The molecule has 3 nitrogen and oxygen atoms in total. The maximum atomic E-state index is 13.5. The lowest BCUT2D eigenvalue weighted by molar-refractivity contribution is 0.313. The predicted molar refractivity (Wildman–Crippen MR) is 49.2 cm³/mol. The number of aromatic nitrogens is 3. The Morgan fingerprint density at radius 1 is 1.46 bits per heavy atom. The summed E-state index contributed by atoms with van der Waals surface area (Å²) in [7, 11) is 1.73. The lowest BCUT2D eigenvalue weighted by atomic mass is 10.0. The number of rotatable bonds is 3. The summed E-state index contributed by atoms with van der Waals surface area (Å²) < 4.78 is 15.0. The summed E-state index contributed by atoms with van der Waals surface area (Å²) in [5.41, 5.74) is 1.40. The highest BCUT2D eigenvalue weighted by molar-refractivity contribution is 5.16. The van der Waals surface area contributed by atoms with E-state index < -0.39 is 6.17 Å². The smallest absolute Gasteiger partial charge is 0.143 e. The minimum Gasteiger partial charge on any atom is -0.249 e. The van der Waals surface area contributed by atoms with Crippen molar-refractivity contribution in [2.24, 2.45) is 7.05 Å². The van der Waals surface area contributed by atoms with Crippen molar-refractivity contribution in [1.82, 2.24) is 15.0 Å². The number of nitrogens with zero attached hydrogens (tertiary/aromatic N) is 3. The molecule has 4 heteroatoms. The molecule has 0 spiro atoms. The molecule has 1 rings (SSSR count). The molecule has 0 N–H and O–H groups in total. The average molecular weight is 185 g/mol. The molecule has 0 bridgehead atoms. The van der Waals surface area contributed by atoms with Gasteiger partial charge in [-0.25, -0.2) is 9.07 Å². The maximum Gasteiger partial charge on any atom is 0.143 e. The van der Waals surface area contributed by atoms with E-state index >= 15 is 0 Å². The molecule has 0 aromatic carbocycles. The molecule has 0 aliphatic carbocycles. The number of hydrogen-bond donors (Lipinski definition) is 0. The van der Waals surface area contributed by atoms with Gasteiger partial charge in [-0.05, 0) is 12.3 Å². The first-order chi connectivity index (χ1) is 6.07. The van der Waals surface area contributed by atoms with E-state index in [9.17, 15) is 4.39 Å². The van der Waals surface area contributed by atoms with Crippen LogP contribution in [0.2, 0.25) is 0 Å². The third-order valence-electron chi connectivity index (χ3n) is 2.10. The third kappa shape index (κ3) is 1.87. The second-order valence-corrected chi connectivity index (χ2v) is 3.51. The van der Waals surface area contributed by atoms with Crippen LogP contribution in [0.3, 0.4) is 0 Å². The minimum atomic E-state index is -0.947. The molecule has 0 saturated carbocycles. The Balaban J connectivity index is 3.08. The van der Waals surface area contributed by atoms with Crippen molar-refractivity contribution >= 4 is 0 Å². The fraction of sp³-hybridized carbons (Fsp3) is 0.778. The second kappa shape index (κ2) is 3.85. The zero-order valence-electron chi connectivity index (χ0n) is 8.58. The number of alkyl halides is 1. The molecule has 1 atom stereocenters. The van der Waals surface area contributed by atoms with Gasteiger partial charge < -0.3 is 0 Å². The van der Waals surface area contributed by atoms with Gasteiger partial charge in [-0.1, -0.05) is 26.0 Å². The Labute approximate surface area is 77.9 Å². The monoisotopic (exact) mass is 185 g/mol. The molecule has 13 heavy (non-hydrogen) atoms. The fourth-order valence-electron chi connectivity index (χ4n) is 1.35. The van der Waals surface area contributed by atoms with E-state index in [0.29, 0.717) is 12.1 Å². The van der Waals surface area contributed by atoms with Crippen LogP contribution in [-0.4, -0.2) is 15.0 Å². The molecule has 0 aliphatic heterocycles. The Bertz CT molecular complexity index is 280. The van der Waals surface area contributed by atoms with Gasteiger partial charge in [-0.15, -0.1) is 5.10 Å². The molecule has 74 valence electrons. The predicted octanol–water partition coefficient (Wildman–Crippen LogP) is 2.36. The summed E-state index contributed by atoms with van der Waals surface area (Å²) in [6.07, 6.45) is -0.474. The lowest BCUT2D eigenvalue weighted by Gasteiger charge is -2.09. The molecule has 0 fully saturated rings. The lowest BCUT2D eigenvalue weighted by Crippen LogP contribution is -2.04. The van der Waals surface area contributed by atoms with Crippen molar-refractivity contribution in [2.45, 2.75) is 39.3 Å². The zero-order valence-corrected chi connectivity index (χ0v) is 8.58. The van der Waals surface area contributed by atoms with E-state index in [1.54, 1.807) is 7.05 Å². The molecule has 0 radical (unpaired) electrons. The third-order valence-corrected chi connectivity index (χ3v) is 2.10. The summed E-state index contributed by atoms with van der Waals surface area (Å²) >= 11 is 0. The van der Waals surface area contributed by atoms with Gasteiger partial charge in [0, 0.05) is 7.05 Å². The van der Waals surface area contributed by atoms with Gasteiger partial charge >= 0.3 is 0 Å². The van der Waals surface area contributed by atoms with Crippen LogP contribution in [0.4, 0.5) is 4.39 Å². The first kappa shape index (κ1) is 10.2. The van der Waals surface area contributed by atoms with Crippen molar-refractivity contribution < 1.29 is 4.39 Å². The van der Waals surface area contributed by atoms with Crippen LogP contribution in [0.25, 0.3) is 0 Å². The van der Waals surface area contributed by atoms with E-state index in [4.69, 9.17) is 0 Å². The minimum absolute atomic E-state index is 0.230. The van der Waals surface area contributed by atoms with Crippen LogP contribution in [-0.2, 0) is 7.05 Å². The van der Waals surface area contributed by atoms with E-state index in [1.165, 1.54) is 4.68 Å². The summed E-state index contributed by atoms with van der Waals surface area (Å²) in [6, 6.07) is 0. The van der Waals surface area contributed by atoms with Crippen LogP contribution in [0.5, 0.6) is 0 Å². The molecule has 0 amide bonds. The standard InChI is InChI=1S/C9H16FN3/c1-5-7(10)9-8(6(2)3)11-12-13(9)4/h6-7H,5H2,1-4H3. The van der Waals surface area contributed by atoms with Gasteiger partial charge in [0.2, 0.25) is 0 Å². The van der Waals surface area contributed by atoms with E-state index in [1.807, 2.05) is 20.8 Å². The molecule has 1 heterocycles. The first-order valence-electron chi connectivity index (χ1n) is 4.61. The summed E-state index contributed by atoms with van der Waals surface area (Å²) in [6.45, 7) is 5.81. The number of hydrogen-bond acceptors (Lipinski definition) is 2. The van der Waals surface area contributed by atoms with Crippen molar-refractivity contribution in [2.75, 3.05) is 0 Å². The Morgan fingerprint density at radius 2 is 2.08 bits per heavy atom. The topological polar surface area (TPSA) is 30.7 Å². The molecule has 0 aliphatic rings. The SMILES string of the molecule is CCC(F)c1c(C(C)C)nnn1C. The summed E-state index contributed by atoms with van der Waals surface area (Å²) in [5, 5.41) is 7.79. The van der Waals surface area contributed by atoms with Crippen LogP contribution < -0.4 is 0 Å². The quantitative estimate of drug-likeness (QED) is 0.723. The highest BCUT2D eigenvalue weighted by Gasteiger charge is 2.20. The van der Waals surface area contributed by atoms with Crippen LogP contribution in [0.15, 0.2) is 0 Å². The van der Waals surface area contributed by atoms with Gasteiger partial charge in [0.25, 0.3) is 0 Å². The Hall–Kier alpha value is -0.930. The fourth-order valence-corrected chi connectivity index (χ4v) is 1.35. The first-order valence-corrected chi connectivity index (χ1v) is 4.61. The van der Waals surface area contributed by atoms with E-state index in [2.05, 4.69) is 10.3 Å². The van der Waals surface area contributed by atoms with Crippen molar-refractivity contribution in [3.63, 3.8) is 0 Å². The largest absolute Gasteiger partial charge is 0.249 e. The van der Waals surface area contributed by atoms with Gasteiger partial charge in [0.1, 0.15) is 6.17 Å². The van der Waals surface area contributed by atoms with Gasteiger partial charge in [0.05, 0.1) is 11.4 Å². The van der Waals surface area contributed by atoms with Gasteiger partial charge in [0.15, 0.2) is 0 Å². The maximum absolute atomic E-state index is 13.5. The molecule has 1 unspecified atom stereocenters. The Morgan fingerprint density at radius 3 is 2.54 bits per heavy atom. The van der Waals surface area contributed by atoms with Crippen LogP contribution in [0.1, 0.15) is 50.7 Å². The summed E-state index contributed by atoms with van der Waals surface area (Å²) in [4.78, 5) is 0. The van der Waals surface area contributed by atoms with Crippen molar-refractivity contribution in [1.29, 1.82) is 0 Å². The number of halogens is 1. The van der Waals surface area contributed by atoms with Gasteiger partial charge in [-0.3, -0.25) is 0 Å². The average Bonchev–Trinajstić information content (AvgIpc) is 2.46. The zero-order chi connectivity index (χ0) is 10.0. The second-order valence-electron chi connectivity index (χ2n) is 3.51. The van der Waals surface area contributed by atoms with Gasteiger partial charge in [-0.2, -0.15) is 0 Å². The molecular weight excluding hydrogens is 169 g/mol. The van der Waals surface area contributed by atoms with Crippen molar-refractivity contribution in [3.8, 4) is 0 Å². The van der Waals surface area contributed by atoms with Crippen LogP contribution >= 0.6 is 0 Å². The summed E-state index contributed by atoms with van der Waals surface area (Å²) in [5.74, 6) is 0.230. The Kier molecular flexibility index (Phi) is 3.01. The number of aryl methyl sites for hydroxylation is 1. The van der Waals surface area contributed by atoms with E-state index in [-0.39, 0.29) is 5.92 Å². The normalized spacial score (nSPS) is 13.7.